The lowest BCUT2D eigenvalue weighted by molar-refractivity contribution is -0.241. The second kappa shape index (κ2) is 5.86. The molecular formula is C9H20O3S. The predicted molar refractivity (Wildman–Crippen MR) is 56.0 cm³/mol. The molecule has 0 aliphatic rings. The second-order valence-corrected chi connectivity index (χ2v) is 4.18. The summed E-state index contributed by atoms with van der Waals surface area (Å²) in [6, 6.07) is 0. The van der Waals surface area contributed by atoms with Crippen molar-refractivity contribution >= 4 is 11.8 Å². The van der Waals surface area contributed by atoms with Crippen LogP contribution in [0.25, 0.3) is 0 Å². The van der Waals surface area contributed by atoms with E-state index in [9.17, 15) is 5.11 Å². The maximum Gasteiger partial charge on any atom is 0.201 e. The minimum absolute atomic E-state index is 0.0959. The first-order valence-corrected chi connectivity index (χ1v) is 5.77. The average molecular weight is 208 g/mol. The molecule has 3 nitrogen and oxygen atoms in total. The third kappa shape index (κ3) is 4.31. The van der Waals surface area contributed by atoms with E-state index in [2.05, 4.69) is 0 Å². The van der Waals surface area contributed by atoms with Crippen molar-refractivity contribution in [3.63, 3.8) is 0 Å². The molecule has 0 amide bonds. The highest BCUT2D eigenvalue weighted by atomic mass is 32.2. The topological polar surface area (TPSA) is 38.7 Å². The molecule has 0 aromatic rings. The summed E-state index contributed by atoms with van der Waals surface area (Å²) < 4.78 is 10.5. The van der Waals surface area contributed by atoms with Crippen LogP contribution in [0, 0.1) is 0 Å². The van der Waals surface area contributed by atoms with E-state index in [1.165, 1.54) is 18.9 Å². The normalized spacial score (nSPS) is 18.7. The first kappa shape index (κ1) is 13.2. The Hall–Kier alpha value is 0.230. The zero-order valence-corrected chi connectivity index (χ0v) is 9.85. The van der Waals surface area contributed by atoms with Crippen LogP contribution in [0.15, 0.2) is 0 Å². The number of hydrogen-bond acceptors (Lipinski definition) is 4. The van der Waals surface area contributed by atoms with Crippen LogP contribution in [-0.2, 0) is 9.47 Å². The van der Waals surface area contributed by atoms with Crippen molar-refractivity contribution in [3.8, 4) is 0 Å². The first-order chi connectivity index (χ1) is 5.96. The van der Waals surface area contributed by atoms with Crippen LogP contribution >= 0.6 is 11.8 Å². The maximum absolute atomic E-state index is 9.97. The van der Waals surface area contributed by atoms with Gasteiger partial charge in [-0.25, -0.2) is 0 Å². The smallest absolute Gasteiger partial charge is 0.201 e. The van der Waals surface area contributed by atoms with E-state index in [1.807, 2.05) is 27.0 Å². The second-order valence-electron chi connectivity index (χ2n) is 3.31. The van der Waals surface area contributed by atoms with Gasteiger partial charge in [0.2, 0.25) is 5.79 Å². The Labute approximate surface area is 84.8 Å². The molecule has 2 atom stereocenters. The highest BCUT2D eigenvalue weighted by molar-refractivity contribution is 7.98. The molecule has 0 spiro atoms. The molecule has 0 aliphatic carbocycles. The summed E-state index contributed by atoms with van der Waals surface area (Å²) in [7, 11) is 1.50. The van der Waals surface area contributed by atoms with Gasteiger partial charge >= 0.3 is 0 Å². The number of thioether (sulfide) groups is 1. The Morgan fingerprint density at radius 2 is 1.92 bits per heavy atom. The molecule has 1 N–H and O–H groups in total. The quantitative estimate of drug-likeness (QED) is 0.671. The molecule has 0 aromatic carbocycles. The minimum Gasteiger partial charge on any atom is -0.370 e. The van der Waals surface area contributed by atoms with Gasteiger partial charge in [0.25, 0.3) is 0 Å². The Bertz CT molecular complexity index is 141. The van der Waals surface area contributed by atoms with Gasteiger partial charge in [0.05, 0.1) is 6.10 Å². The van der Waals surface area contributed by atoms with Crippen LogP contribution < -0.4 is 0 Å². The summed E-state index contributed by atoms with van der Waals surface area (Å²) in [5.41, 5.74) is 0. The summed E-state index contributed by atoms with van der Waals surface area (Å²) in [5, 5.41) is 9.97. The van der Waals surface area contributed by atoms with Crippen LogP contribution in [0.5, 0.6) is 0 Å². The van der Waals surface area contributed by atoms with E-state index in [-0.39, 0.29) is 12.2 Å². The standard InChI is InChI=1S/C9H20O3S/c1-7(2)12-8(3)9(10,11-4)6-13-5/h7-8,10H,6H2,1-5H3. The molecule has 4 heteroatoms. The molecule has 0 rings (SSSR count). The van der Waals surface area contributed by atoms with Crippen LogP contribution in [0.4, 0.5) is 0 Å². The molecule has 13 heavy (non-hydrogen) atoms. The lowest BCUT2D eigenvalue weighted by Crippen LogP contribution is -2.47. The fourth-order valence-corrected chi connectivity index (χ4v) is 1.83. The van der Waals surface area contributed by atoms with E-state index in [0.29, 0.717) is 5.75 Å². The van der Waals surface area contributed by atoms with Gasteiger partial charge in [0.1, 0.15) is 6.10 Å². The summed E-state index contributed by atoms with van der Waals surface area (Å²) in [6.45, 7) is 5.69. The molecule has 0 saturated carbocycles. The van der Waals surface area contributed by atoms with Gasteiger partial charge in [-0.2, -0.15) is 11.8 Å². The fourth-order valence-electron chi connectivity index (χ4n) is 1.06. The molecule has 2 unspecified atom stereocenters. The van der Waals surface area contributed by atoms with Gasteiger partial charge in [-0.05, 0) is 27.0 Å². The van der Waals surface area contributed by atoms with Crippen LogP contribution in [-0.4, -0.2) is 42.2 Å². The van der Waals surface area contributed by atoms with Crippen molar-refractivity contribution in [2.45, 2.75) is 38.8 Å². The monoisotopic (exact) mass is 208 g/mol. The summed E-state index contributed by atoms with van der Waals surface area (Å²) >= 11 is 1.53. The largest absolute Gasteiger partial charge is 0.370 e. The van der Waals surface area contributed by atoms with Crippen molar-refractivity contribution in [3.05, 3.63) is 0 Å². The van der Waals surface area contributed by atoms with Gasteiger partial charge < -0.3 is 14.6 Å². The van der Waals surface area contributed by atoms with Crippen molar-refractivity contribution in [1.82, 2.24) is 0 Å². The van der Waals surface area contributed by atoms with Gasteiger partial charge in [-0.3, -0.25) is 0 Å². The molecule has 0 heterocycles. The molecule has 0 fully saturated rings. The SMILES string of the molecule is COC(O)(CSC)C(C)OC(C)C. The zero-order chi connectivity index (χ0) is 10.5. The minimum atomic E-state index is -1.18. The van der Waals surface area contributed by atoms with Crippen LogP contribution in [0.3, 0.4) is 0 Å². The number of hydrogen-bond donors (Lipinski definition) is 1. The molecule has 0 bridgehead atoms. The van der Waals surface area contributed by atoms with Crippen molar-refractivity contribution in [2.24, 2.45) is 0 Å². The summed E-state index contributed by atoms with van der Waals surface area (Å²) in [4.78, 5) is 0. The van der Waals surface area contributed by atoms with Crippen molar-refractivity contribution < 1.29 is 14.6 Å². The van der Waals surface area contributed by atoms with E-state index in [4.69, 9.17) is 9.47 Å². The third-order valence-electron chi connectivity index (χ3n) is 1.82. The van der Waals surface area contributed by atoms with Crippen LogP contribution in [0.2, 0.25) is 0 Å². The number of aliphatic hydroxyl groups is 1. The Morgan fingerprint density at radius 3 is 2.23 bits per heavy atom. The van der Waals surface area contributed by atoms with E-state index in [0.717, 1.165) is 0 Å². The average Bonchev–Trinajstić information content (AvgIpc) is 2.03. The molecular weight excluding hydrogens is 188 g/mol. The molecule has 0 aliphatic heterocycles. The third-order valence-corrected chi connectivity index (χ3v) is 2.52. The Morgan fingerprint density at radius 1 is 1.38 bits per heavy atom. The molecule has 0 aromatic heterocycles. The number of ether oxygens (including phenoxy) is 2. The van der Waals surface area contributed by atoms with Crippen molar-refractivity contribution in [2.75, 3.05) is 19.1 Å². The van der Waals surface area contributed by atoms with Gasteiger partial charge in [0.15, 0.2) is 0 Å². The molecule has 0 saturated heterocycles. The van der Waals surface area contributed by atoms with Gasteiger partial charge in [-0.15, -0.1) is 0 Å². The molecule has 80 valence electrons. The van der Waals surface area contributed by atoms with Gasteiger partial charge in [-0.1, -0.05) is 0 Å². The van der Waals surface area contributed by atoms with E-state index in [1.54, 1.807) is 0 Å². The maximum atomic E-state index is 9.97. The first-order valence-electron chi connectivity index (χ1n) is 4.38. The van der Waals surface area contributed by atoms with Gasteiger partial charge in [0, 0.05) is 12.9 Å². The van der Waals surface area contributed by atoms with Crippen molar-refractivity contribution in [1.29, 1.82) is 0 Å². The van der Waals surface area contributed by atoms with Crippen LogP contribution in [0.1, 0.15) is 20.8 Å². The zero-order valence-electron chi connectivity index (χ0n) is 9.03. The predicted octanol–water partition coefficient (Wildman–Crippen LogP) is 1.50. The number of methoxy groups -OCH3 is 1. The highest BCUT2D eigenvalue weighted by Crippen LogP contribution is 2.20. The fraction of sp³-hybridized carbons (Fsp3) is 1.00. The lowest BCUT2D eigenvalue weighted by atomic mass is 10.2. The lowest BCUT2D eigenvalue weighted by Gasteiger charge is -2.32. The highest BCUT2D eigenvalue weighted by Gasteiger charge is 2.34. The Kier molecular flexibility index (Phi) is 5.96. The number of rotatable bonds is 6. The molecule has 0 radical (unpaired) electrons. The van der Waals surface area contributed by atoms with E-state index < -0.39 is 5.79 Å². The summed E-state index contributed by atoms with van der Waals surface area (Å²) in [6.07, 6.45) is 1.70. The Balaban J connectivity index is 4.19. The summed E-state index contributed by atoms with van der Waals surface area (Å²) in [5.74, 6) is -0.666. The van der Waals surface area contributed by atoms with E-state index >= 15 is 0 Å².